The van der Waals surface area contributed by atoms with Gasteiger partial charge in [-0.3, -0.25) is 28.9 Å². The van der Waals surface area contributed by atoms with Crippen LogP contribution in [0.5, 0.6) is 0 Å². The Morgan fingerprint density at radius 2 is 1.27 bits per heavy atom. The number of allylic oxidation sites excluding steroid dienone is 6. The molecule has 0 amide bonds. The lowest BCUT2D eigenvalue weighted by Gasteiger charge is -2.02. The minimum atomic E-state index is -4.44. The molecule has 0 atom stereocenters. The SMILES string of the molecule is O=C(O)c1[nH]n(-c2ccc(S(=O)(=O)O)cc2)c(=O)c1C=C/C=C/C=C/C=C=Cc1c[nH]n(-c2ccc(S(=O)(=O)O)cc2)c1=O. The van der Waals surface area contributed by atoms with E-state index in [-0.39, 0.29) is 32.3 Å². The van der Waals surface area contributed by atoms with Crippen molar-refractivity contribution < 1.29 is 35.8 Å². The Kier molecular flexibility index (Phi) is 9.13. The summed E-state index contributed by atoms with van der Waals surface area (Å²) >= 11 is 0. The van der Waals surface area contributed by atoms with Crippen molar-refractivity contribution in [2.24, 2.45) is 0 Å². The van der Waals surface area contributed by atoms with Gasteiger partial charge in [-0.25, -0.2) is 14.2 Å². The quantitative estimate of drug-likeness (QED) is 0.0970. The molecule has 0 spiro atoms. The highest BCUT2D eigenvalue weighted by molar-refractivity contribution is 7.86. The van der Waals surface area contributed by atoms with Crippen LogP contribution in [-0.4, -0.2) is 56.6 Å². The third-order valence-electron chi connectivity index (χ3n) is 5.86. The van der Waals surface area contributed by atoms with E-state index in [0.29, 0.717) is 5.69 Å². The van der Waals surface area contributed by atoms with Gasteiger partial charge >= 0.3 is 5.97 Å². The van der Waals surface area contributed by atoms with Crippen molar-refractivity contribution in [3.05, 3.63) is 134 Å². The highest BCUT2D eigenvalue weighted by Crippen LogP contribution is 2.15. The van der Waals surface area contributed by atoms with Gasteiger partial charge in [-0.2, -0.15) is 16.8 Å². The Hall–Kier alpha value is -5.51. The van der Waals surface area contributed by atoms with E-state index in [1.54, 1.807) is 18.2 Å². The molecule has 0 aliphatic heterocycles. The number of aromatic carboxylic acids is 1. The number of aromatic nitrogens is 4. The van der Waals surface area contributed by atoms with Crippen LogP contribution in [0, 0.1) is 0 Å². The zero-order chi connectivity index (χ0) is 32.1. The van der Waals surface area contributed by atoms with E-state index in [2.05, 4.69) is 15.9 Å². The van der Waals surface area contributed by atoms with Gasteiger partial charge in [0, 0.05) is 6.20 Å². The maximum atomic E-state index is 12.8. The molecule has 16 heteroatoms. The van der Waals surface area contributed by atoms with Gasteiger partial charge in [-0.15, -0.1) is 5.73 Å². The van der Waals surface area contributed by atoms with Gasteiger partial charge in [-0.1, -0.05) is 30.4 Å². The molecule has 0 bridgehead atoms. The first kappa shape index (κ1) is 31.4. The molecule has 0 unspecified atom stereocenters. The van der Waals surface area contributed by atoms with Crippen LogP contribution in [-0.2, 0) is 20.2 Å². The summed E-state index contributed by atoms with van der Waals surface area (Å²) < 4.78 is 65.1. The molecule has 2 heterocycles. The van der Waals surface area contributed by atoms with E-state index in [1.807, 2.05) is 0 Å². The zero-order valence-electron chi connectivity index (χ0n) is 22.2. The Labute approximate surface area is 249 Å². The molecule has 44 heavy (non-hydrogen) atoms. The minimum Gasteiger partial charge on any atom is -0.477 e. The molecule has 0 saturated heterocycles. The number of hydrogen-bond acceptors (Lipinski definition) is 7. The van der Waals surface area contributed by atoms with E-state index >= 15 is 0 Å². The molecule has 0 aliphatic rings. The first-order valence-corrected chi connectivity index (χ1v) is 15.1. The fourth-order valence-electron chi connectivity index (χ4n) is 3.76. The monoisotopic (exact) mass is 638 g/mol. The molecule has 5 N–H and O–H groups in total. The summed E-state index contributed by atoms with van der Waals surface area (Å²) in [5.41, 5.74) is 1.93. The second kappa shape index (κ2) is 12.8. The molecular formula is C28H22N4O10S2. The molecule has 226 valence electrons. The van der Waals surface area contributed by atoms with Gasteiger partial charge < -0.3 is 5.11 Å². The van der Waals surface area contributed by atoms with Crippen molar-refractivity contribution in [2.75, 3.05) is 0 Å². The molecule has 2 aromatic carbocycles. The fourth-order valence-corrected chi connectivity index (χ4v) is 4.72. The first-order chi connectivity index (χ1) is 20.8. The Morgan fingerprint density at radius 3 is 1.82 bits per heavy atom. The van der Waals surface area contributed by atoms with E-state index in [9.17, 15) is 36.3 Å². The smallest absolute Gasteiger partial charge is 0.354 e. The first-order valence-electron chi connectivity index (χ1n) is 12.2. The van der Waals surface area contributed by atoms with E-state index in [0.717, 1.165) is 28.9 Å². The predicted molar refractivity (Wildman–Crippen MR) is 159 cm³/mol. The highest BCUT2D eigenvalue weighted by Gasteiger charge is 2.19. The second-order valence-electron chi connectivity index (χ2n) is 8.76. The van der Waals surface area contributed by atoms with Crippen molar-refractivity contribution in [2.45, 2.75) is 9.79 Å². The van der Waals surface area contributed by atoms with Gasteiger partial charge in [0.05, 0.1) is 32.3 Å². The predicted octanol–water partition coefficient (Wildman–Crippen LogP) is 2.83. The molecule has 0 saturated carbocycles. The maximum Gasteiger partial charge on any atom is 0.354 e. The Bertz CT molecular complexity index is 2210. The van der Waals surface area contributed by atoms with Gasteiger partial charge in [0.15, 0.2) is 5.69 Å². The Balaban J connectivity index is 1.42. The number of aromatic amines is 2. The van der Waals surface area contributed by atoms with Gasteiger partial charge in [0.2, 0.25) is 0 Å². The van der Waals surface area contributed by atoms with Crippen molar-refractivity contribution in [1.29, 1.82) is 0 Å². The topological polar surface area (TPSA) is 222 Å². The van der Waals surface area contributed by atoms with E-state index in [1.165, 1.54) is 65.5 Å². The highest BCUT2D eigenvalue weighted by atomic mass is 32.2. The van der Waals surface area contributed by atoms with Crippen LogP contribution in [0.3, 0.4) is 0 Å². The largest absolute Gasteiger partial charge is 0.477 e. The van der Waals surface area contributed by atoms with Crippen LogP contribution in [0.15, 0.2) is 116 Å². The number of benzene rings is 2. The van der Waals surface area contributed by atoms with Crippen molar-refractivity contribution in [3.63, 3.8) is 0 Å². The number of nitrogens with one attached hydrogen (secondary N) is 2. The summed E-state index contributed by atoms with van der Waals surface area (Å²) in [4.78, 5) is 36.4. The number of carboxylic acids is 1. The van der Waals surface area contributed by atoms with Gasteiger partial charge in [0.25, 0.3) is 31.4 Å². The van der Waals surface area contributed by atoms with Crippen LogP contribution in [0.25, 0.3) is 23.5 Å². The second-order valence-corrected chi connectivity index (χ2v) is 11.6. The van der Waals surface area contributed by atoms with Crippen molar-refractivity contribution in [1.82, 2.24) is 19.6 Å². The van der Waals surface area contributed by atoms with Crippen molar-refractivity contribution in [3.8, 4) is 11.4 Å². The lowest BCUT2D eigenvalue weighted by Crippen LogP contribution is -2.16. The molecule has 4 rings (SSSR count). The average molecular weight is 639 g/mol. The average Bonchev–Trinajstić information content (AvgIpc) is 3.50. The number of H-pyrrole nitrogens is 2. The van der Waals surface area contributed by atoms with E-state index < -0.39 is 37.3 Å². The van der Waals surface area contributed by atoms with E-state index in [4.69, 9.17) is 9.11 Å². The number of hydrogen-bond donors (Lipinski definition) is 5. The van der Waals surface area contributed by atoms with Crippen LogP contribution in [0.4, 0.5) is 0 Å². The van der Waals surface area contributed by atoms with Crippen LogP contribution < -0.4 is 11.1 Å². The van der Waals surface area contributed by atoms with Gasteiger partial charge in [-0.05, 0) is 66.8 Å². The zero-order valence-corrected chi connectivity index (χ0v) is 23.9. The Morgan fingerprint density at radius 1 is 0.750 bits per heavy atom. The lowest BCUT2D eigenvalue weighted by atomic mass is 10.2. The van der Waals surface area contributed by atoms with Crippen molar-refractivity contribution >= 4 is 38.4 Å². The molecule has 4 aromatic rings. The molecule has 0 aliphatic carbocycles. The molecule has 0 fully saturated rings. The van der Waals surface area contributed by atoms with Gasteiger partial charge in [0.1, 0.15) is 0 Å². The molecule has 2 aromatic heterocycles. The number of carboxylic acid groups (broad SMARTS) is 1. The summed E-state index contributed by atoms with van der Waals surface area (Å²) in [6.45, 7) is 0. The maximum absolute atomic E-state index is 12.8. The normalized spacial score (nSPS) is 12.2. The molecule has 14 nitrogen and oxygen atoms in total. The summed E-state index contributed by atoms with van der Waals surface area (Å²) in [6.07, 6.45) is 13.5. The number of nitrogens with zero attached hydrogens (tertiary/aromatic N) is 2. The third-order valence-corrected chi connectivity index (χ3v) is 7.60. The van der Waals surface area contributed by atoms with Crippen LogP contribution in [0.1, 0.15) is 21.6 Å². The standard InChI is InChI=1S/C28H22N4O10S2/c33-26-19(18-29-31(26)20-10-14-22(15-11-20)43(37,38)39)8-6-4-2-1-3-5-7-9-24-25(28(35)36)30-32(27(24)34)21-12-16-23(17-13-21)44(40,41)42/h1-5,7-18,29-30H,(H,35,36)(H,37,38,39)(H,40,41,42)/b2-1+,5-3+,9-7?. The minimum absolute atomic E-state index is 0.149. The summed E-state index contributed by atoms with van der Waals surface area (Å²) in [7, 11) is -8.79. The number of rotatable bonds is 10. The lowest BCUT2D eigenvalue weighted by molar-refractivity contribution is 0.0689. The van der Waals surface area contributed by atoms with Crippen LogP contribution >= 0.6 is 0 Å². The summed E-state index contributed by atoms with van der Waals surface area (Å²) in [5.74, 6) is -1.39. The fraction of sp³-hybridized carbons (Fsp3) is 0. The third kappa shape index (κ3) is 7.27. The molecule has 0 radical (unpaired) electrons. The molecular weight excluding hydrogens is 616 g/mol. The summed E-state index contributed by atoms with van der Waals surface area (Å²) in [6, 6.07) is 9.63. The summed E-state index contributed by atoms with van der Waals surface area (Å²) in [5, 5.41) is 14.7. The number of carbonyl (C=O) groups is 1. The van der Waals surface area contributed by atoms with Crippen LogP contribution in [0.2, 0.25) is 0 Å².